The van der Waals surface area contributed by atoms with Gasteiger partial charge < -0.3 is 19.8 Å². The van der Waals surface area contributed by atoms with Gasteiger partial charge in [-0.05, 0) is 48.9 Å². The lowest BCUT2D eigenvalue weighted by molar-refractivity contribution is -0.149. The van der Waals surface area contributed by atoms with Crippen LogP contribution in [0, 0.1) is 11.3 Å². The van der Waals surface area contributed by atoms with Gasteiger partial charge in [-0.3, -0.25) is 9.59 Å². The highest BCUT2D eigenvalue weighted by Gasteiger charge is 2.26. The first-order valence-corrected chi connectivity index (χ1v) is 11.8. The van der Waals surface area contributed by atoms with Crippen LogP contribution >= 0.6 is 11.3 Å². The molecule has 3 aromatic rings. The Morgan fingerprint density at radius 3 is 2.65 bits per heavy atom. The van der Waals surface area contributed by atoms with Gasteiger partial charge in [0.2, 0.25) is 0 Å². The van der Waals surface area contributed by atoms with E-state index in [9.17, 15) is 19.6 Å². The van der Waals surface area contributed by atoms with Crippen LogP contribution in [0.4, 0.5) is 5.00 Å². The van der Waals surface area contributed by atoms with Gasteiger partial charge in [-0.2, -0.15) is 5.26 Å². The third kappa shape index (κ3) is 5.53. The Bertz CT molecular complexity index is 1210. The second kappa shape index (κ2) is 10.8. The normalized spacial score (nSPS) is 13.3. The molecule has 1 aliphatic rings. The summed E-state index contributed by atoms with van der Waals surface area (Å²) >= 11 is 1.40. The highest BCUT2D eigenvalue weighted by Crippen LogP contribution is 2.37. The second-order valence-electron chi connectivity index (χ2n) is 7.88. The predicted molar refractivity (Wildman–Crippen MR) is 125 cm³/mol. The van der Waals surface area contributed by atoms with Crippen LogP contribution in [0.5, 0.6) is 0 Å². The van der Waals surface area contributed by atoms with Crippen molar-refractivity contribution < 1.29 is 23.5 Å². The predicted octanol–water partition coefficient (Wildman–Crippen LogP) is 3.61. The monoisotopic (exact) mass is 477 g/mol. The van der Waals surface area contributed by atoms with E-state index in [2.05, 4.69) is 16.7 Å². The number of nitriles is 1. The number of carbonyl (C=O) groups is 3. The topological polar surface area (TPSA) is 121 Å². The van der Waals surface area contributed by atoms with Crippen molar-refractivity contribution in [3.05, 3.63) is 76.1 Å². The first kappa shape index (κ1) is 23.3. The van der Waals surface area contributed by atoms with Gasteiger partial charge in [0.1, 0.15) is 17.1 Å². The molecule has 2 amide bonds. The third-order valence-corrected chi connectivity index (χ3v) is 6.71. The molecular formula is C25H23N3O5S. The van der Waals surface area contributed by atoms with Crippen molar-refractivity contribution >= 4 is 34.1 Å². The Morgan fingerprint density at radius 2 is 1.91 bits per heavy atom. The van der Waals surface area contributed by atoms with E-state index in [1.807, 2.05) is 30.3 Å². The van der Waals surface area contributed by atoms with E-state index >= 15 is 0 Å². The molecular weight excluding hydrogens is 454 g/mol. The number of furan rings is 1. The van der Waals surface area contributed by atoms with E-state index < -0.39 is 30.4 Å². The summed E-state index contributed by atoms with van der Waals surface area (Å²) in [5.74, 6) is -1.78. The first-order valence-electron chi connectivity index (χ1n) is 10.9. The minimum absolute atomic E-state index is 0.0642. The van der Waals surface area contributed by atoms with E-state index in [0.717, 1.165) is 41.7 Å². The standard InChI is InChI=1S/C25H23N3O5S/c26-14-18-17-9-4-5-11-21(17)34-24(18)28-22(29)15-33-25(31)19(13-16-7-2-1-3-8-16)27-23(30)20-10-6-12-32-20/h1-3,6-8,10,12,19H,4-5,9,11,13,15H2,(H,27,30)(H,28,29)/t19-/m0/s1. The van der Waals surface area contributed by atoms with Gasteiger partial charge in [0.05, 0.1) is 11.8 Å². The summed E-state index contributed by atoms with van der Waals surface area (Å²) in [4.78, 5) is 38.8. The first-order chi connectivity index (χ1) is 16.5. The Balaban J connectivity index is 1.40. The quantitative estimate of drug-likeness (QED) is 0.478. The number of rotatable bonds is 8. The molecule has 0 bridgehead atoms. The minimum atomic E-state index is -1.02. The fourth-order valence-corrected chi connectivity index (χ4v) is 5.11. The summed E-state index contributed by atoms with van der Waals surface area (Å²) in [6.07, 6.45) is 5.36. The number of hydrogen-bond acceptors (Lipinski definition) is 7. The van der Waals surface area contributed by atoms with Gasteiger partial charge in [0.25, 0.3) is 11.8 Å². The fourth-order valence-electron chi connectivity index (χ4n) is 3.85. The Labute approximate surface area is 200 Å². The van der Waals surface area contributed by atoms with Crippen molar-refractivity contribution in [3.8, 4) is 6.07 Å². The summed E-state index contributed by atoms with van der Waals surface area (Å²) in [5.41, 5.74) is 2.32. The molecule has 1 aromatic carbocycles. The van der Waals surface area contributed by atoms with Crippen molar-refractivity contribution in [3.63, 3.8) is 0 Å². The van der Waals surface area contributed by atoms with E-state index in [1.54, 1.807) is 6.07 Å². The lowest BCUT2D eigenvalue weighted by Gasteiger charge is -2.17. The Kier molecular flexibility index (Phi) is 7.40. The molecule has 0 radical (unpaired) electrons. The summed E-state index contributed by atoms with van der Waals surface area (Å²) in [6, 6.07) is 13.4. The van der Waals surface area contributed by atoms with Crippen molar-refractivity contribution in [2.75, 3.05) is 11.9 Å². The second-order valence-corrected chi connectivity index (χ2v) is 8.98. The molecule has 0 spiro atoms. The number of anilines is 1. The molecule has 0 fully saturated rings. The molecule has 8 nitrogen and oxygen atoms in total. The van der Waals surface area contributed by atoms with E-state index in [4.69, 9.17) is 9.15 Å². The maximum atomic E-state index is 12.8. The molecule has 4 rings (SSSR count). The number of nitrogens with zero attached hydrogens (tertiary/aromatic N) is 1. The number of esters is 1. The molecule has 1 atom stereocenters. The zero-order valence-electron chi connectivity index (χ0n) is 18.3. The molecule has 174 valence electrons. The molecule has 0 saturated heterocycles. The molecule has 0 saturated carbocycles. The van der Waals surface area contributed by atoms with Crippen LogP contribution in [-0.4, -0.2) is 30.4 Å². The van der Waals surface area contributed by atoms with Crippen molar-refractivity contribution in [1.82, 2.24) is 5.32 Å². The minimum Gasteiger partial charge on any atom is -0.459 e. The van der Waals surface area contributed by atoms with Gasteiger partial charge in [-0.15, -0.1) is 11.3 Å². The van der Waals surface area contributed by atoms with Gasteiger partial charge in [0.15, 0.2) is 12.4 Å². The number of amides is 2. The number of benzene rings is 1. The average Bonchev–Trinajstić information content (AvgIpc) is 3.50. The van der Waals surface area contributed by atoms with Gasteiger partial charge in [-0.1, -0.05) is 30.3 Å². The van der Waals surface area contributed by atoms with Gasteiger partial charge in [0, 0.05) is 11.3 Å². The highest BCUT2D eigenvalue weighted by molar-refractivity contribution is 7.16. The molecule has 34 heavy (non-hydrogen) atoms. The summed E-state index contributed by atoms with van der Waals surface area (Å²) in [6.45, 7) is -0.534. The van der Waals surface area contributed by atoms with Crippen molar-refractivity contribution in [2.24, 2.45) is 0 Å². The van der Waals surface area contributed by atoms with Crippen LogP contribution in [0.15, 0.2) is 53.1 Å². The molecule has 2 heterocycles. The third-order valence-electron chi connectivity index (χ3n) is 5.50. The van der Waals surface area contributed by atoms with Crippen LogP contribution in [-0.2, 0) is 33.6 Å². The lowest BCUT2D eigenvalue weighted by atomic mass is 9.96. The fraction of sp³-hybridized carbons (Fsp3) is 0.280. The largest absolute Gasteiger partial charge is 0.459 e. The Morgan fingerprint density at radius 1 is 1.12 bits per heavy atom. The number of nitrogens with one attached hydrogen (secondary N) is 2. The van der Waals surface area contributed by atoms with Gasteiger partial charge in [-0.25, -0.2) is 4.79 Å². The van der Waals surface area contributed by atoms with Crippen LogP contribution < -0.4 is 10.6 Å². The number of hydrogen-bond donors (Lipinski definition) is 2. The number of thiophene rings is 1. The summed E-state index contributed by atoms with van der Waals surface area (Å²) in [5, 5.41) is 15.3. The number of carbonyl (C=O) groups excluding carboxylic acids is 3. The molecule has 2 aromatic heterocycles. The molecule has 9 heteroatoms. The van der Waals surface area contributed by atoms with Crippen LogP contribution in [0.2, 0.25) is 0 Å². The molecule has 0 unspecified atom stereocenters. The zero-order valence-corrected chi connectivity index (χ0v) is 19.2. The van der Waals surface area contributed by atoms with Crippen molar-refractivity contribution in [2.45, 2.75) is 38.1 Å². The van der Waals surface area contributed by atoms with E-state index in [-0.39, 0.29) is 12.2 Å². The molecule has 2 N–H and O–H groups in total. The van der Waals surface area contributed by atoms with Crippen LogP contribution in [0.25, 0.3) is 0 Å². The maximum absolute atomic E-state index is 12.8. The summed E-state index contributed by atoms with van der Waals surface area (Å²) < 4.78 is 10.3. The molecule has 0 aliphatic heterocycles. The smallest absolute Gasteiger partial charge is 0.329 e. The van der Waals surface area contributed by atoms with Crippen LogP contribution in [0.1, 0.15) is 45.0 Å². The SMILES string of the molecule is N#Cc1c(NC(=O)COC(=O)[C@H](Cc2ccccc2)NC(=O)c2ccco2)sc2c1CCCC2. The number of ether oxygens (including phenoxy) is 1. The van der Waals surface area contributed by atoms with Crippen LogP contribution in [0.3, 0.4) is 0 Å². The Hall–Kier alpha value is -3.90. The maximum Gasteiger partial charge on any atom is 0.329 e. The molecule has 1 aliphatic carbocycles. The van der Waals surface area contributed by atoms with Crippen molar-refractivity contribution in [1.29, 1.82) is 5.26 Å². The number of aryl methyl sites for hydroxylation is 1. The van der Waals surface area contributed by atoms with Gasteiger partial charge >= 0.3 is 5.97 Å². The van der Waals surface area contributed by atoms with E-state index in [1.165, 1.54) is 23.7 Å². The lowest BCUT2D eigenvalue weighted by Crippen LogP contribution is -2.44. The average molecular weight is 478 g/mol. The van der Waals surface area contributed by atoms with E-state index in [0.29, 0.717) is 10.6 Å². The zero-order chi connectivity index (χ0) is 23.9. The number of fused-ring (bicyclic) bond motifs is 1. The highest BCUT2D eigenvalue weighted by atomic mass is 32.1. The summed E-state index contributed by atoms with van der Waals surface area (Å²) in [7, 11) is 0.